The topological polar surface area (TPSA) is 113 Å². The molecule has 0 aromatic heterocycles. The summed E-state index contributed by atoms with van der Waals surface area (Å²) in [5.41, 5.74) is 0.963. The second kappa shape index (κ2) is 12.9. The molecule has 0 aromatic rings. The molecule has 0 aliphatic carbocycles. The Hall–Kier alpha value is -2.41. The lowest BCUT2D eigenvalue weighted by Gasteiger charge is -2.04. The molecule has 1 heterocycles. The summed E-state index contributed by atoms with van der Waals surface area (Å²) in [6, 6.07) is 0. The highest BCUT2D eigenvalue weighted by molar-refractivity contribution is 5.87. The highest BCUT2D eigenvalue weighted by Crippen LogP contribution is 2.17. The van der Waals surface area contributed by atoms with Gasteiger partial charge in [0.2, 0.25) is 0 Å². The van der Waals surface area contributed by atoms with E-state index < -0.39 is 11.9 Å². The number of carbonyl (C=O) groups is 3. The number of epoxide rings is 1. The smallest absolute Gasteiger partial charge is 0.333 e. The first-order valence-corrected chi connectivity index (χ1v) is 7.59. The van der Waals surface area contributed by atoms with Crippen LogP contribution in [-0.4, -0.2) is 47.9 Å². The summed E-state index contributed by atoms with van der Waals surface area (Å²) in [4.78, 5) is 30.4. The Bertz CT molecular complexity index is 502. The summed E-state index contributed by atoms with van der Waals surface area (Å²) in [6.45, 7) is 16.3. The fourth-order valence-corrected chi connectivity index (χ4v) is 1.27. The monoisotopic (exact) mass is 356 g/mol. The van der Waals surface area contributed by atoms with Gasteiger partial charge in [0, 0.05) is 23.1 Å². The van der Waals surface area contributed by atoms with E-state index in [2.05, 4.69) is 24.5 Å². The van der Waals surface area contributed by atoms with E-state index in [1.165, 1.54) is 14.0 Å². The number of carbonyl (C=O) groups excluding carboxylic acids is 1. The molecule has 1 aliphatic heterocycles. The maximum absolute atomic E-state index is 10.7. The van der Waals surface area contributed by atoms with Gasteiger partial charge >= 0.3 is 17.9 Å². The Kier molecular flexibility index (Phi) is 12.9. The first-order chi connectivity index (χ1) is 11.4. The van der Waals surface area contributed by atoms with E-state index in [9.17, 15) is 14.4 Å². The minimum absolute atomic E-state index is 0.133. The molecule has 7 nitrogen and oxygen atoms in total. The summed E-state index contributed by atoms with van der Waals surface area (Å²) < 4.78 is 9.28. The second-order valence-corrected chi connectivity index (χ2v) is 5.85. The second-order valence-electron chi connectivity index (χ2n) is 5.85. The van der Waals surface area contributed by atoms with Crippen LogP contribution in [0.3, 0.4) is 0 Å². The van der Waals surface area contributed by atoms with Crippen LogP contribution in [0.2, 0.25) is 0 Å². The molecule has 0 bridgehead atoms. The number of carboxylic acid groups (broad SMARTS) is 2. The molecule has 0 amide bonds. The molecule has 0 saturated carbocycles. The van der Waals surface area contributed by atoms with Gasteiger partial charge in [-0.15, -0.1) is 0 Å². The van der Waals surface area contributed by atoms with Crippen molar-refractivity contribution in [1.82, 2.24) is 0 Å². The molecule has 25 heavy (non-hydrogen) atoms. The molecule has 7 heteroatoms. The fourth-order valence-electron chi connectivity index (χ4n) is 1.27. The normalized spacial score (nSPS) is 14.0. The molecule has 142 valence electrons. The van der Waals surface area contributed by atoms with Gasteiger partial charge in [0.1, 0.15) is 0 Å². The van der Waals surface area contributed by atoms with Crippen molar-refractivity contribution >= 4 is 17.9 Å². The van der Waals surface area contributed by atoms with Gasteiger partial charge in [0.15, 0.2) is 0 Å². The molecule has 0 spiro atoms. The Balaban J connectivity index is 0. The number of rotatable bonds is 7. The summed E-state index contributed by atoms with van der Waals surface area (Å²) in [7, 11) is 1.37. The van der Waals surface area contributed by atoms with Crippen molar-refractivity contribution in [3.63, 3.8) is 0 Å². The lowest BCUT2D eigenvalue weighted by Crippen LogP contribution is -2.05. The van der Waals surface area contributed by atoms with Crippen molar-refractivity contribution < 1.29 is 34.1 Å². The van der Waals surface area contributed by atoms with E-state index in [0.717, 1.165) is 0 Å². The fraction of sp³-hybridized carbons (Fsp3) is 0.500. The van der Waals surface area contributed by atoms with Gasteiger partial charge in [0.25, 0.3) is 0 Å². The molecule has 1 aliphatic rings. The van der Waals surface area contributed by atoms with Crippen LogP contribution in [-0.2, 0) is 23.9 Å². The zero-order valence-corrected chi connectivity index (χ0v) is 15.3. The summed E-state index contributed by atoms with van der Waals surface area (Å²) in [5, 5.41) is 16.2. The van der Waals surface area contributed by atoms with Crippen LogP contribution in [0.1, 0.15) is 33.6 Å². The van der Waals surface area contributed by atoms with Crippen molar-refractivity contribution in [3.8, 4) is 0 Å². The third-order valence-corrected chi connectivity index (χ3v) is 2.67. The highest BCUT2D eigenvalue weighted by Gasteiger charge is 2.24. The van der Waals surface area contributed by atoms with E-state index in [-0.39, 0.29) is 23.2 Å². The third kappa shape index (κ3) is 16.2. The minimum atomic E-state index is -0.935. The van der Waals surface area contributed by atoms with Crippen molar-refractivity contribution in [1.29, 1.82) is 0 Å². The van der Waals surface area contributed by atoms with E-state index >= 15 is 0 Å². The summed E-state index contributed by atoms with van der Waals surface area (Å²) >= 11 is 0. The van der Waals surface area contributed by atoms with E-state index in [0.29, 0.717) is 30.9 Å². The van der Waals surface area contributed by atoms with Gasteiger partial charge in [0.05, 0.1) is 19.8 Å². The number of esters is 1. The number of ether oxygens (including phenoxy) is 2. The van der Waals surface area contributed by atoms with Crippen molar-refractivity contribution in [2.45, 2.75) is 39.7 Å². The van der Waals surface area contributed by atoms with Gasteiger partial charge < -0.3 is 19.7 Å². The van der Waals surface area contributed by atoms with E-state index in [1.807, 2.05) is 13.8 Å². The third-order valence-electron chi connectivity index (χ3n) is 2.67. The Morgan fingerprint density at radius 3 is 1.80 bits per heavy atom. The Morgan fingerprint density at radius 2 is 1.56 bits per heavy atom. The van der Waals surface area contributed by atoms with Gasteiger partial charge in [-0.1, -0.05) is 33.6 Å². The summed E-state index contributed by atoms with van der Waals surface area (Å²) in [5.74, 6) is -1.69. The van der Waals surface area contributed by atoms with Gasteiger partial charge in [-0.05, 0) is 19.3 Å². The molecule has 0 aromatic carbocycles. The molecular formula is C18H28O7. The van der Waals surface area contributed by atoms with Crippen LogP contribution < -0.4 is 0 Å². The molecule has 1 saturated heterocycles. The molecule has 1 fully saturated rings. The maximum Gasteiger partial charge on any atom is 0.333 e. The van der Waals surface area contributed by atoms with Crippen LogP contribution in [0.25, 0.3) is 0 Å². The zero-order chi connectivity index (χ0) is 20.2. The van der Waals surface area contributed by atoms with Crippen molar-refractivity contribution in [2.24, 2.45) is 5.92 Å². The van der Waals surface area contributed by atoms with E-state index in [1.54, 1.807) is 0 Å². The van der Waals surface area contributed by atoms with Crippen LogP contribution in [0.15, 0.2) is 36.5 Å². The highest BCUT2D eigenvalue weighted by atomic mass is 16.6. The first kappa shape index (κ1) is 24.8. The van der Waals surface area contributed by atoms with Gasteiger partial charge in [-0.3, -0.25) is 0 Å². The first-order valence-electron chi connectivity index (χ1n) is 7.59. The van der Waals surface area contributed by atoms with Crippen LogP contribution >= 0.6 is 0 Å². The van der Waals surface area contributed by atoms with E-state index in [4.69, 9.17) is 14.9 Å². The lowest BCUT2D eigenvalue weighted by atomic mass is 10.1. The quantitative estimate of drug-likeness (QED) is 0.409. The maximum atomic E-state index is 10.7. The Labute approximate surface area is 148 Å². The molecule has 1 atom stereocenters. The van der Waals surface area contributed by atoms with Gasteiger partial charge in [-0.25, -0.2) is 14.4 Å². The molecule has 2 N–H and O–H groups in total. The zero-order valence-electron chi connectivity index (χ0n) is 15.3. The largest absolute Gasteiger partial charge is 0.478 e. The standard InChI is InChI=1S/C8H14O2.C6H8O3.C4H6O2/c1-6(2)5-7(3)8(9)10-4;1-4(6(7)8)2-5-3-9-5;1-3(2)4(5)6/h6H,3,5H2,1-2,4H3;5H,1-3H2,(H,7,8);1H2,2H3,(H,5,6). The Morgan fingerprint density at radius 1 is 1.12 bits per heavy atom. The lowest BCUT2D eigenvalue weighted by molar-refractivity contribution is -0.136. The summed E-state index contributed by atoms with van der Waals surface area (Å²) in [6.07, 6.45) is 1.32. The minimum Gasteiger partial charge on any atom is -0.478 e. The van der Waals surface area contributed by atoms with Crippen LogP contribution in [0, 0.1) is 5.92 Å². The van der Waals surface area contributed by atoms with Crippen molar-refractivity contribution in [2.75, 3.05) is 13.7 Å². The van der Waals surface area contributed by atoms with Crippen LogP contribution in [0.4, 0.5) is 0 Å². The number of hydrogen-bond donors (Lipinski definition) is 2. The predicted octanol–water partition coefficient (Wildman–Crippen LogP) is 2.82. The number of hydrogen-bond acceptors (Lipinski definition) is 5. The SMILES string of the molecule is C=C(C)C(=O)O.C=C(CC(C)C)C(=O)OC.C=C(CC1CO1)C(=O)O. The van der Waals surface area contributed by atoms with Crippen LogP contribution in [0.5, 0.6) is 0 Å². The number of carboxylic acids is 2. The molecule has 0 radical (unpaired) electrons. The molecular weight excluding hydrogens is 328 g/mol. The molecule has 1 unspecified atom stereocenters. The van der Waals surface area contributed by atoms with Crippen molar-refractivity contribution in [3.05, 3.63) is 36.5 Å². The van der Waals surface area contributed by atoms with Gasteiger partial charge in [-0.2, -0.15) is 0 Å². The average Bonchev–Trinajstić information content (AvgIpc) is 3.30. The number of aliphatic carboxylic acids is 2. The average molecular weight is 356 g/mol. The predicted molar refractivity (Wildman–Crippen MR) is 94.2 cm³/mol. The number of methoxy groups -OCH3 is 1. The molecule has 1 rings (SSSR count).